The number of thiophene rings is 1. The molecule has 3 rings (SSSR count). The predicted molar refractivity (Wildman–Crippen MR) is 91.7 cm³/mol. The van der Waals surface area contributed by atoms with Gasteiger partial charge >= 0.3 is 0 Å². The molecule has 20 heavy (non-hydrogen) atoms. The minimum Gasteiger partial charge on any atom is -0.257 e. The topological polar surface area (TPSA) is 12.4 Å². The Labute approximate surface area is 129 Å². The lowest BCUT2D eigenvalue weighted by molar-refractivity contribution is 1.55. The van der Waals surface area contributed by atoms with Crippen molar-refractivity contribution in [1.82, 2.24) is 0 Å². The maximum absolute atomic E-state index is 7.69. The van der Waals surface area contributed by atoms with Gasteiger partial charge in [-0.2, -0.15) is 0 Å². The van der Waals surface area contributed by atoms with Crippen LogP contribution in [0.5, 0.6) is 0 Å². The van der Waals surface area contributed by atoms with Gasteiger partial charge in [0.25, 0.3) is 0 Å². The summed E-state index contributed by atoms with van der Waals surface area (Å²) in [6, 6.07) is 13.9. The van der Waals surface area contributed by atoms with E-state index in [1.165, 1.54) is 0 Å². The van der Waals surface area contributed by atoms with Gasteiger partial charge in [-0.1, -0.05) is 49.5 Å². The number of hydrogen-bond donors (Lipinski definition) is 0. The molecule has 0 aliphatic carbocycles. The summed E-state index contributed by atoms with van der Waals surface area (Å²) in [5.41, 5.74) is 0.968. The average molecular weight is 282 g/mol. The van der Waals surface area contributed by atoms with Gasteiger partial charge in [-0.3, -0.25) is 4.99 Å². The van der Waals surface area contributed by atoms with E-state index in [2.05, 4.69) is 11.1 Å². The molecule has 0 bridgehead atoms. The number of hydrogen-bond acceptors (Lipinski definition) is 2. The standard InChI is InChI=1S/C18H15NS/c1-12(2)11-19-13(3)14-8-6-9-16-15-7-4-5-10-17(15)20-18(14)16/h4-11H,1,3H2,2H3/i1D,2D3,3D. The monoisotopic (exact) mass is 282 g/mol. The SMILES string of the molecule is [2H]C=C(N=CC(=C[2H])C([2H])([2H])[2H])c1cccc2c1sc1ccccc12. The van der Waals surface area contributed by atoms with Crippen LogP contribution in [0.25, 0.3) is 25.9 Å². The van der Waals surface area contributed by atoms with Crippen molar-refractivity contribution in [3.05, 3.63) is 66.7 Å². The Kier molecular flexibility index (Phi) is 2.07. The summed E-state index contributed by atoms with van der Waals surface area (Å²) >= 11 is 1.62. The number of allylic oxidation sites excluding steroid dienone is 1. The molecule has 0 radical (unpaired) electrons. The lowest BCUT2D eigenvalue weighted by Crippen LogP contribution is -1.82. The molecule has 0 aliphatic rings. The average Bonchev–Trinajstić information content (AvgIpc) is 2.97. The Morgan fingerprint density at radius 1 is 1.20 bits per heavy atom. The molecule has 0 spiro atoms. The second-order valence-corrected chi connectivity index (χ2v) is 5.43. The van der Waals surface area contributed by atoms with Crippen molar-refractivity contribution >= 4 is 43.4 Å². The summed E-state index contributed by atoms with van der Waals surface area (Å²) in [5, 5.41) is 2.23. The fourth-order valence-corrected chi connectivity index (χ4v) is 3.38. The van der Waals surface area contributed by atoms with Crippen molar-refractivity contribution in [2.75, 3.05) is 0 Å². The van der Waals surface area contributed by atoms with E-state index in [-0.39, 0.29) is 5.57 Å². The quantitative estimate of drug-likeness (QED) is 0.549. The van der Waals surface area contributed by atoms with E-state index in [9.17, 15) is 0 Å². The van der Waals surface area contributed by atoms with Gasteiger partial charge in [0.15, 0.2) is 0 Å². The zero-order valence-corrected chi connectivity index (χ0v) is 11.4. The first-order valence-corrected chi connectivity index (χ1v) is 6.89. The molecule has 0 saturated heterocycles. The molecule has 2 aromatic carbocycles. The van der Waals surface area contributed by atoms with Crippen LogP contribution in [0, 0.1) is 0 Å². The fraction of sp³-hybridized carbons (Fsp3) is 0.0556. The van der Waals surface area contributed by atoms with Gasteiger partial charge < -0.3 is 0 Å². The normalized spacial score (nSPS) is 17.9. The third-order valence-electron chi connectivity index (χ3n) is 3.02. The van der Waals surface area contributed by atoms with E-state index in [0.29, 0.717) is 5.70 Å². The summed E-state index contributed by atoms with van der Waals surface area (Å²) in [6.07, 6.45) is 1.15. The molecule has 0 saturated carbocycles. The number of rotatable bonds is 3. The molecule has 1 nitrogen and oxygen atoms in total. The number of aliphatic imine (C=N–C) groups is 1. The lowest BCUT2D eigenvalue weighted by Gasteiger charge is -2.02. The molecule has 3 aromatic rings. The first-order valence-electron chi connectivity index (χ1n) is 8.73. The summed E-state index contributed by atoms with van der Waals surface area (Å²) in [7, 11) is 0. The maximum atomic E-state index is 7.69. The van der Waals surface area contributed by atoms with Crippen molar-refractivity contribution in [1.29, 1.82) is 0 Å². The first-order chi connectivity index (χ1) is 12.0. The highest BCUT2D eigenvalue weighted by Crippen LogP contribution is 2.37. The highest BCUT2D eigenvalue weighted by molar-refractivity contribution is 7.26. The third kappa shape index (κ3) is 2.19. The highest BCUT2D eigenvalue weighted by atomic mass is 32.1. The largest absolute Gasteiger partial charge is 0.257 e. The van der Waals surface area contributed by atoms with Crippen LogP contribution in [-0.2, 0) is 0 Å². The van der Waals surface area contributed by atoms with E-state index in [0.717, 1.165) is 45.1 Å². The molecule has 0 aliphatic heterocycles. The van der Waals surface area contributed by atoms with E-state index in [1.807, 2.05) is 36.4 Å². The van der Waals surface area contributed by atoms with Gasteiger partial charge in [0, 0.05) is 36.1 Å². The molecular formula is C18H15NS. The molecule has 0 fully saturated rings. The van der Waals surface area contributed by atoms with Gasteiger partial charge in [0.1, 0.15) is 0 Å². The Hall–Kier alpha value is -2.19. The second-order valence-electron chi connectivity index (χ2n) is 4.38. The molecule has 0 unspecified atom stereocenters. The van der Waals surface area contributed by atoms with Crippen molar-refractivity contribution in [2.45, 2.75) is 6.85 Å². The zero-order chi connectivity index (χ0) is 18.0. The van der Waals surface area contributed by atoms with Crippen LogP contribution in [0.3, 0.4) is 0 Å². The van der Waals surface area contributed by atoms with Crippen LogP contribution < -0.4 is 0 Å². The van der Waals surface area contributed by atoms with Crippen molar-refractivity contribution in [3.63, 3.8) is 0 Å². The second kappa shape index (κ2) is 5.06. The van der Waals surface area contributed by atoms with E-state index in [1.54, 1.807) is 11.3 Å². The number of fused-ring (bicyclic) bond motifs is 3. The summed E-state index contributed by atoms with van der Waals surface area (Å²) in [5.74, 6) is 0. The molecule has 1 heterocycles. The van der Waals surface area contributed by atoms with Gasteiger partial charge in [-0.05, 0) is 18.5 Å². The van der Waals surface area contributed by atoms with Crippen LogP contribution >= 0.6 is 11.3 Å². The first kappa shape index (κ1) is 8.18. The zero-order valence-electron chi connectivity index (χ0n) is 15.6. The van der Waals surface area contributed by atoms with Crippen LogP contribution in [0.2, 0.25) is 0 Å². The van der Waals surface area contributed by atoms with Gasteiger partial charge in [0.05, 0.1) is 8.44 Å². The van der Waals surface area contributed by atoms with Crippen molar-refractivity contribution in [3.8, 4) is 0 Å². The van der Waals surface area contributed by atoms with E-state index < -0.39 is 6.85 Å². The summed E-state index contributed by atoms with van der Waals surface area (Å²) in [4.78, 5) is 4.18. The van der Waals surface area contributed by atoms with Crippen LogP contribution in [-0.4, -0.2) is 6.21 Å². The van der Waals surface area contributed by atoms with Gasteiger partial charge in [-0.25, -0.2) is 0 Å². The van der Waals surface area contributed by atoms with Gasteiger partial charge in [0.2, 0.25) is 0 Å². The molecule has 1 aromatic heterocycles. The van der Waals surface area contributed by atoms with Gasteiger partial charge in [-0.15, -0.1) is 11.3 Å². The molecule has 2 heteroatoms. The number of benzene rings is 2. The Morgan fingerprint density at radius 3 is 2.95 bits per heavy atom. The Bertz CT molecular complexity index is 1010. The Morgan fingerprint density at radius 2 is 2.10 bits per heavy atom. The minimum atomic E-state index is -2.40. The molecule has 0 atom stereocenters. The predicted octanol–water partition coefficient (Wildman–Crippen LogP) is 5.67. The third-order valence-corrected chi connectivity index (χ3v) is 4.24. The molecule has 98 valence electrons. The minimum absolute atomic E-state index is 0.171. The van der Waals surface area contributed by atoms with Crippen LogP contribution in [0.4, 0.5) is 0 Å². The van der Waals surface area contributed by atoms with Crippen molar-refractivity contribution in [2.24, 2.45) is 4.99 Å². The lowest BCUT2D eigenvalue weighted by atomic mass is 10.1. The molecule has 0 amide bonds. The van der Waals surface area contributed by atoms with E-state index >= 15 is 0 Å². The van der Waals surface area contributed by atoms with Crippen LogP contribution in [0.1, 0.15) is 19.3 Å². The Balaban J connectivity index is 2.11. The highest BCUT2D eigenvalue weighted by Gasteiger charge is 2.09. The molecule has 0 N–H and O–H groups in total. The van der Waals surface area contributed by atoms with Crippen molar-refractivity contribution < 1.29 is 6.85 Å². The maximum Gasteiger partial charge on any atom is 0.0644 e. The van der Waals surface area contributed by atoms with Crippen LogP contribution in [0.15, 0.2) is 66.1 Å². The summed E-state index contributed by atoms with van der Waals surface area (Å²) < 4.78 is 39.3. The molecular weight excluding hydrogens is 262 g/mol. The smallest absolute Gasteiger partial charge is 0.0644 e. The fourth-order valence-electron chi connectivity index (χ4n) is 2.16. The number of nitrogens with zero attached hydrogens (tertiary/aromatic N) is 1. The summed E-state index contributed by atoms with van der Waals surface area (Å²) in [6.45, 7) is -0.517. The van der Waals surface area contributed by atoms with E-state index in [4.69, 9.17) is 6.85 Å².